The van der Waals surface area contributed by atoms with Gasteiger partial charge in [-0.05, 0) is 127 Å². The van der Waals surface area contributed by atoms with Crippen molar-refractivity contribution in [3.63, 3.8) is 0 Å². The summed E-state index contributed by atoms with van der Waals surface area (Å²) >= 11 is 0.682. The first kappa shape index (κ1) is 113. The van der Waals surface area contributed by atoms with Gasteiger partial charge in [0.15, 0.2) is 19.0 Å². The van der Waals surface area contributed by atoms with Gasteiger partial charge >= 0.3 is 17.9 Å². The monoisotopic (exact) mass is 1940 g/mol. The van der Waals surface area contributed by atoms with Gasteiger partial charge in [0.1, 0.15) is 83.5 Å². The zero-order chi connectivity index (χ0) is 103. The molecular formula is C97H131N15O25S. The number of hydrogen-bond donors (Lipinski definition) is 18. The molecule has 0 radical (unpaired) electrons. The summed E-state index contributed by atoms with van der Waals surface area (Å²) in [7, 11) is 1.27. The summed E-state index contributed by atoms with van der Waals surface area (Å²) in [5, 5.41) is 71.2. The lowest BCUT2D eigenvalue weighted by Gasteiger charge is -2.33. The fourth-order valence-corrected chi connectivity index (χ4v) is 15.7. The Hall–Kier alpha value is -13.9. The number of aryl methyl sites for hydroxylation is 1. The van der Waals surface area contributed by atoms with Crippen LogP contribution in [0.3, 0.4) is 0 Å². The Kier molecular flexibility index (Phi) is 44.3. The van der Waals surface area contributed by atoms with Gasteiger partial charge in [0.2, 0.25) is 88.6 Å². The number of nitrogens with two attached hydrogens (primary N) is 2. The Morgan fingerprint density at radius 3 is 1.28 bits per heavy atom. The van der Waals surface area contributed by atoms with E-state index in [2.05, 4.69) is 63.8 Å². The minimum Gasteiger partial charge on any atom is -0.482 e. The third-order valence-electron chi connectivity index (χ3n) is 22.7. The van der Waals surface area contributed by atoms with E-state index in [0.29, 0.717) is 28.5 Å². The smallest absolute Gasteiger partial charge is 0.341 e. The molecule has 0 aromatic heterocycles. The largest absolute Gasteiger partial charge is 0.482 e. The molecule has 5 aromatic carbocycles. The standard InChI is InChI=1S/C97H131N15O25S/c1-51(2)35-67-77(114)43-66(54(7)8)86(125)111-97(13,50-113)96(135)109-76(84(99)123)48-138-49-79(116)100-70(39-59-25-31-64(32-26-59)136-46-81(119)120)89(128)104-71(41-60-27-33-65(34-28-60)137-47-82(121)122)90(129)108-75(45-80(117)118)93(132)106-73(42-61-20-18-19-56(11)38-61)91(130)103-69(37-53(5)6)88(127)105-72(40-58-23-29-63(30-24-58)62-21-16-15-17-22-62)94(133)110-83(55(9)10)95(134)112(14)57(12)85(124)102-68(36-52(3)4)87(126)107-74(44-78(98)115)92(131)101-67/h15-34,38,51-55,57,66-76,83,113H,35-37,39-50H2,1-14H3,(H2,98,115)(H2,99,123)(H,100,116)(H,101,131)(H,102,124)(H,103,130)(H,104,128)(H,105,127)(H,106,132)(H,107,126)(H,108,129)(H,109,135)(H,110,133)(H,111,125)(H,117,118)(H,119,120)(H,121,122)/t57-,66-,67-,68+,69-,70-,71-,72-,73-,74-,75-,76-,83-,97-/m0/s1. The predicted molar refractivity (Wildman–Crippen MR) is 508 cm³/mol. The number of ketones is 1. The molecule has 1 aliphatic heterocycles. The van der Waals surface area contributed by atoms with Crippen molar-refractivity contribution < 1.29 is 121 Å². The number of aliphatic hydroxyl groups is 1. The van der Waals surface area contributed by atoms with Crippen LogP contribution in [0.15, 0.2) is 127 Å². The molecule has 0 bridgehead atoms. The number of aliphatic carboxylic acids is 3. The summed E-state index contributed by atoms with van der Waals surface area (Å²) in [5.74, 6) is -25.8. The quantitative estimate of drug-likeness (QED) is 0.0323. The lowest BCUT2D eigenvalue weighted by atomic mass is 9.85. The number of hydrogen-bond acceptors (Lipinski definition) is 23. The molecule has 14 atom stereocenters. The maximum Gasteiger partial charge on any atom is 0.341 e. The first-order valence-electron chi connectivity index (χ1n) is 45.4. The number of Topliss-reactive ketones (excluding diaryl/α,β-unsaturated/α-hetero) is 1. The molecule has 0 aliphatic carbocycles. The SMILES string of the molecule is Cc1cccc(C[C@@H]2NC(=O)[C@H](CC(=O)O)NC(=O)[C@H](Cc3ccc(OCC(=O)O)cc3)NC(=O)[C@H](Cc3ccc(OCC(=O)O)cc3)NC(=O)CSC[C@@H](C(N)=O)NC(=O)[C@](C)(CO)NC(=O)[C@H](C(C)C)CC(=O)[C@H](CC(C)C)NC(=O)[C@H](CC(N)=O)NC(=O)[C@@H](CC(C)C)NC(=O)[C@H](C)N(C)C(=O)[C@H](C(C)C)NC(=O)[C@H](Cc3ccc(-c4ccccc4)cc3)NC(=O)[C@H](CC(C)C)NC2=O)c1. The van der Waals surface area contributed by atoms with Crippen LogP contribution in [-0.4, -0.2) is 254 Å². The van der Waals surface area contributed by atoms with Crippen LogP contribution in [0.2, 0.25) is 0 Å². The van der Waals surface area contributed by atoms with E-state index >= 15 is 33.6 Å². The van der Waals surface area contributed by atoms with E-state index in [0.717, 1.165) is 23.0 Å². The van der Waals surface area contributed by atoms with Crippen molar-refractivity contribution in [3.05, 3.63) is 155 Å². The number of benzene rings is 5. The van der Waals surface area contributed by atoms with E-state index in [1.165, 1.54) is 62.5 Å². The fraction of sp³-hybridized carbons (Fsp3) is 0.495. The van der Waals surface area contributed by atoms with Crippen LogP contribution in [0.5, 0.6) is 11.5 Å². The highest BCUT2D eigenvalue weighted by atomic mass is 32.2. The number of carboxylic acid groups (broad SMARTS) is 3. The van der Waals surface area contributed by atoms with Crippen LogP contribution in [-0.2, 0) is 117 Å². The number of likely N-dealkylation sites (N-methyl/N-ethyl adjacent to an activating group) is 1. The minimum absolute atomic E-state index is 0.0440. The van der Waals surface area contributed by atoms with Crippen LogP contribution >= 0.6 is 11.8 Å². The summed E-state index contributed by atoms with van der Waals surface area (Å²) in [6.07, 6.45) is -4.53. The minimum atomic E-state index is -2.29. The highest BCUT2D eigenvalue weighted by molar-refractivity contribution is 8.00. The number of carbonyl (C=O) groups is 19. The number of amides is 15. The third-order valence-corrected chi connectivity index (χ3v) is 23.7. The molecule has 5 aromatic rings. The van der Waals surface area contributed by atoms with Crippen molar-refractivity contribution in [2.45, 2.75) is 232 Å². The number of rotatable bonds is 29. The van der Waals surface area contributed by atoms with E-state index in [-0.39, 0.29) is 66.6 Å². The Balaban J connectivity index is 1.50. The van der Waals surface area contributed by atoms with Gasteiger partial charge in [-0.15, -0.1) is 11.8 Å². The van der Waals surface area contributed by atoms with Crippen molar-refractivity contribution >= 4 is 124 Å². The van der Waals surface area contributed by atoms with Crippen LogP contribution in [0, 0.1) is 42.4 Å². The van der Waals surface area contributed by atoms with E-state index in [1.54, 1.807) is 125 Å². The van der Waals surface area contributed by atoms with Gasteiger partial charge in [-0.1, -0.05) is 178 Å². The van der Waals surface area contributed by atoms with Crippen LogP contribution in [0.4, 0.5) is 0 Å². The number of nitrogens with one attached hydrogen (secondary N) is 12. The van der Waals surface area contributed by atoms with Crippen LogP contribution in [0.25, 0.3) is 11.1 Å². The molecular weight excluding hydrogens is 1810 g/mol. The molecule has 40 nitrogen and oxygen atoms in total. The number of thioether (sulfide) groups is 1. The molecule has 15 amide bonds. The number of nitrogens with zero attached hydrogens (tertiary/aromatic N) is 1. The van der Waals surface area contributed by atoms with Gasteiger partial charge in [0.05, 0.1) is 31.2 Å². The number of ether oxygens (including phenoxy) is 2. The molecule has 0 spiro atoms. The first-order valence-corrected chi connectivity index (χ1v) is 46.6. The van der Waals surface area contributed by atoms with Gasteiger partial charge < -0.3 is 110 Å². The van der Waals surface area contributed by atoms with Gasteiger partial charge in [-0.2, -0.15) is 0 Å². The molecule has 1 saturated heterocycles. The topological polar surface area (TPSA) is 623 Å². The van der Waals surface area contributed by atoms with Crippen LogP contribution < -0.4 is 84.7 Å². The van der Waals surface area contributed by atoms with Crippen LogP contribution in [0.1, 0.15) is 149 Å². The molecule has 750 valence electrons. The molecule has 0 unspecified atom stereocenters. The number of carbonyl (C=O) groups excluding carboxylic acids is 16. The normalized spacial score (nSPS) is 23.4. The Bertz CT molecular complexity index is 5120. The fourth-order valence-electron chi connectivity index (χ4n) is 14.9. The summed E-state index contributed by atoms with van der Waals surface area (Å²) < 4.78 is 10.6. The van der Waals surface area contributed by atoms with E-state index in [4.69, 9.17) is 20.9 Å². The van der Waals surface area contributed by atoms with Gasteiger partial charge in [0, 0.05) is 50.8 Å². The molecule has 1 aliphatic rings. The highest BCUT2D eigenvalue weighted by Gasteiger charge is 2.43. The maximum atomic E-state index is 15.4. The summed E-state index contributed by atoms with van der Waals surface area (Å²) in [4.78, 5) is 271. The average Bonchev–Trinajstić information content (AvgIpc) is 0.821. The summed E-state index contributed by atoms with van der Waals surface area (Å²) in [6.45, 7) is 18.2. The first-order chi connectivity index (χ1) is 64.9. The average molecular weight is 1940 g/mol. The Labute approximate surface area is 805 Å². The van der Waals surface area contributed by atoms with E-state index in [1.807, 2.05) is 30.3 Å². The molecule has 0 saturated carbocycles. The zero-order valence-corrected chi connectivity index (χ0v) is 80.8. The Morgan fingerprint density at radius 2 is 0.848 bits per heavy atom. The molecule has 1 heterocycles. The van der Waals surface area contributed by atoms with E-state index < -0.39 is 277 Å². The lowest BCUT2D eigenvalue weighted by molar-refractivity contribution is -0.143. The van der Waals surface area contributed by atoms with Gasteiger partial charge in [-0.25, -0.2) is 9.59 Å². The number of aliphatic hydroxyl groups excluding tert-OH is 1. The summed E-state index contributed by atoms with van der Waals surface area (Å²) in [6, 6.07) is 14.2. The molecule has 6 rings (SSSR count). The third kappa shape index (κ3) is 37.0. The lowest BCUT2D eigenvalue weighted by Crippen LogP contribution is -2.63. The predicted octanol–water partition coefficient (Wildman–Crippen LogP) is 1.51. The van der Waals surface area contributed by atoms with Gasteiger partial charge in [-0.3, -0.25) is 81.5 Å². The number of carboxylic acids is 3. The maximum absolute atomic E-state index is 15.4. The second kappa shape index (κ2) is 54.2. The molecule has 138 heavy (non-hydrogen) atoms. The zero-order valence-electron chi connectivity index (χ0n) is 80.0. The Morgan fingerprint density at radius 1 is 0.449 bits per heavy atom. The second-order valence-corrected chi connectivity index (χ2v) is 37.6. The van der Waals surface area contributed by atoms with Crippen molar-refractivity contribution in [1.29, 1.82) is 0 Å². The molecule has 1 fully saturated rings. The van der Waals surface area contributed by atoms with E-state index in [9.17, 15) is 78.0 Å². The molecule has 20 N–H and O–H groups in total. The summed E-state index contributed by atoms with van der Waals surface area (Å²) in [5.41, 5.74) is 13.0. The van der Waals surface area contributed by atoms with Gasteiger partial charge in [0.25, 0.3) is 0 Å². The number of primary amides is 2. The second-order valence-electron chi connectivity index (χ2n) is 36.6. The molecule has 41 heteroatoms. The highest BCUT2D eigenvalue weighted by Crippen LogP contribution is 2.26. The van der Waals surface area contributed by atoms with Crippen molar-refractivity contribution in [3.8, 4) is 22.6 Å². The van der Waals surface area contributed by atoms with Crippen molar-refractivity contribution in [2.75, 3.05) is 38.4 Å². The van der Waals surface area contributed by atoms with Crippen molar-refractivity contribution in [2.24, 2.45) is 47.0 Å². The van der Waals surface area contributed by atoms with Crippen molar-refractivity contribution in [1.82, 2.24) is 68.7 Å².